The van der Waals surface area contributed by atoms with Crippen molar-refractivity contribution in [1.82, 2.24) is 5.01 Å². The number of allylic oxidation sites excluding steroid dienone is 1. The van der Waals surface area contributed by atoms with Crippen LogP contribution in [0.1, 0.15) is 25.8 Å². The van der Waals surface area contributed by atoms with Crippen LogP contribution in [-0.2, 0) is 0 Å². The molecule has 0 aliphatic carbocycles. The molecule has 1 rings (SSSR count). The average Bonchev–Trinajstić information content (AvgIpc) is 2.59. The lowest BCUT2D eigenvalue weighted by Gasteiger charge is -2.15. The lowest BCUT2D eigenvalue weighted by Crippen LogP contribution is -2.16. The van der Waals surface area contributed by atoms with Gasteiger partial charge in [-0.25, -0.2) is 0 Å². The van der Waals surface area contributed by atoms with Crippen LogP contribution in [0.15, 0.2) is 59.4 Å². The molecule has 0 saturated heterocycles. The zero-order valence-electron chi connectivity index (χ0n) is 13.9. The molecule has 1 aromatic rings. The third-order valence-corrected chi connectivity index (χ3v) is 2.95. The molecule has 0 N–H and O–H groups in total. The Balaban J connectivity index is 2.87. The first-order valence-electron chi connectivity index (χ1n) is 7.48. The molecule has 0 fully saturated rings. The number of hydrogen-bond donors (Lipinski definition) is 0. The van der Waals surface area contributed by atoms with Gasteiger partial charge in [0.25, 0.3) is 0 Å². The highest BCUT2D eigenvalue weighted by Crippen LogP contribution is 2.14. The molecule has 5 nitrogen and oxygen atoms in total. The van der Waals surface area contributed by atoms with Gasteiger partial charge in [-0.05, 0) is 37.6 Å². The fourth-order valence-corrected chi connectivity index (χ4v) is 1.58. The van der Waals surface area contributed by atoms with Crippen molar-refractivity contribution in [2.75, 3.05) is 11.9 Å². The van der Waals surface area contributed by atoms with E-state index in [4.69, 9.17) is 5.26 Å². The lowest BCUT2D eigenvalue weighted by molar-refractivity contribution is 0.492. The summed E-state index contributed by atoms with van der Waals surface area (Å²) in [7, 11) is 1.81. The van der Waals surface area contributed by atoms with Crippen LogP contribution in [0.4, 0.5) is 5.69 Å². The third kappa shape index (κ3) is 6.62. The molecule has 120 valence electrons. The van der Waals surface area contributed by atoms with E-state index in [2.05, 4.69) is 35.7 Å². The van der Waals surface area contributed by atoms with Crippen LogP contribution in [-0.4, -0.2) is 30.7 Å². The van der Waals surface area contributed by atoms with Gasteiger partial charge in [-0.2, -0.15) is 10.4 Å². The Morgan fingerprint density at radius 2 is 2.04 bits per heavy atom. The maximum atomic E-state index is 8.88. The van der Waals surface area contributed by atoms with Crippen LogP contribution in [0.2, 0.25) is 0 Å². The number of rotatable bonds is 8. The van der Waals surface area contributed by atoms with Crippen molar-refractivity contribution >= 4 is 18.2 Å². The van der Waals surface area contributed by atoms with Crippen molar-refractivity contribution in [1.29, 1.82) is 5.26 Å². The molecule has 0 spiro atoms. The van der Waals surface area contributed by atoms with Crippen molar-refractivity contribution in [3.05, 3.63) is 54.9 Å². The largest absolute Gasteiger partial charge is 0.309 e. The molecule has 0 amide bonds. The van der Waals surface area contributed by atoms with E-state index < -0.39 is 0 Å². The standard InChI is InChI=1S/C18H23N5/c1-5-7-12-23(18-10-8-17(13-19)9-11-18)15-20-16(3)14-21-22(4)6-2/h6-12,14-16H,2,5H2,1,3-4H3/b12-7+,20-15-,21-14-/t16-/m0/s1. The molecule has 0 saturated carbocycles. The molecule has 0 aliphatic rings. The monoisotopic (exact) mass is 309 g/mol. The molecule has 1 atom stereocenters. The van der Waals surface area contributed by atoms with Crippen LogP contribution in [0.3, 0.4) is 0 Å². The summed E-state index contributed by atoms with van der Waals surface area (Å²) in [5.41, 5.74) is 1.59. The predicted octanol–water partition coefficient (Wildman–Crippen LogP) is 3.77. The van der Waals surface area contributed by atoms with Gasteiger partial charge in [-0.3, -0.25) is 10.0 Å². The summed E-state index contributed by atoms with van der Waals surface area (Å²) < 4.78 is 0. The first kappa shape index (κ1) is 18.2. The second kappa shape index (κ2) is 9.96. The van der Waals surface area contributed by atoms with Gasteiger partial charge in [0.05, 0.1) is 24.0 Å². The van der Waals surface area contributed by atoms with Gasteiger partial charge in [-0.15, -0.1) is 0 Å². The molecule has 0 aliphatic heterocycles. The Morgan fingerprint density at radius 3 is 2.61 bits per heavy atom. The summed E-state index contributed by atoms with van der Waals surface area (Å²) in [6.45, 7) is 7.66. The highest BCUT2D eigenvalue weighted by atomic mass is 15.4. The Labute approximate surface area is 138 Å². The molecule has 0 unspecified atom stereocenters. The molecule has 0 aromatic heterocycles. The molecule has 23 heavy (non-hydrogen) atoms. The summed E-state index contributed by atoms with van der Waals surface area (Å²) in [5.74, 6) is 0. The molecular weight excluding hydrogens is 286 g/mol. The number of nitriles is 1. The smallest absolute Gasteiger partial charge is 0.0991 e. The van der Waals surface area contributed by atoms with E-state index in [9.17, 15) is 0 Å². The van der Waals surface area contributed by atoms with E-state index in [1.54, 1.807) is 35.9 Å². The summed E-state index contributed by atoms with van der Waals surface area (Å²) in [4.78, 5) is 6.40. The molecular formula is C18H23N5. The summed E-state index contributed by atoms with van der Waals surface area (Å²) in [6.07, 6.45) is 10.1. The second-order valence-electron chi connectivity index (χ2n) is 4.88. The maximum absolute atomic E-state index is 8.88. The Morgan fingerprint density at radius 1 is 1.35 bits per heavy atom. The number of benzene rings is 1. The lowest BCUT2D eigenvalue weighted by atomic mass is 10.2. The predicted molar refractivity (Wildman–Crippen MR) is 97.5 cm³/mol. The van der Waals surface area contributed by atoms with E-state index in [-0.39, 0.29) is 6.04 Å². The zero-order valence-corrected chi connectivity index (χ0v) is 13.9. The van der Waals surface area contributed by atoms with Crippen LogP contribution in [0.25, 0.3) is 0 Å². The van der Waals surface area contributed by atoms with Crippen molar-refractivity contribution in [3.8, 4) is 6.07 Å². The topological polar surface area (TPSA) is 55.0 Å². The number of nitrogens with zero attached hydrogens (tertiary/aromatic N) is 5. The van der Waals surface area contributed by atoms with E-state index in [1.807, 2.05) is 37.2 Å². The number of hydrogen-bond acceptors (Lipinski definition) is 4. The van der Waals surface area contributed by atoms with Gasteiger partial charge in [0.15, 0.2) is 0 Å². The van der Waals surface area contributed by atoms with Gasteiger partial charge in [-0.1, -0.05) is 19.6 Å². The quantitative estimate of drug-likeness (QED) is 0.417. The van der Waals surface area contributed by atoms with Crippen LogP contribution in [0.5, 0.6) is 0 Å². The van der Waals surface area contributed by atoms with E-state index >= 15 is 0 Å². The van der Waals surface area contributed by atoms with Crippen molar-refractivity contribution in [2.45, 2.75) is 26.3 Å². The molecule has 1 aromatic carbocycles. The van der Waals surface area contributed by atoms with Gasteiger partial charge in [0, 0.05) is 31.3 Å². The third-order valence-electron chi connectivity index (χ3n) is 2.95. The molecule has 5 heteroatoms. The van der Waals surface area contributed by atoms with Crippen LogP contribution in [0, 0.1) is 11.3 Å². The highest BCUT2D eigenvalue weighted by molar-refractivity contribution is 5.83. The van der Waals surface area contributed by atoms with Crippen LogP contribution < -0.4 is 4.90 Å². The Bertz CT molecular complexity index is 607. The Hall–Kier alpha value is -2.87. The number of hydrazone groups is 1. The Kier molecular flexibility index (Phi) is 7.87. The first-order chi connectivity index (χ1) is 11.1. The second-order valence-corrected chi connectivity index (χ2v) is 4.88. The van der Waals surface area contributed by atoms with Gasteiger partial charge in [0.1, 0.15) is 0 Å². The van der Waals surface area contributed by atoms with E-state index in [1.165, 1.54) is 0 Å². The van der Waals surface area contributed by atoms with Gasteiger partial charge >= 0.3 is 0 Å². The minimum Gasteiger partial charge on any atom is -0.309 e. The SMILES string of the molecule is C=CN(C)/N=C\[C@H](C)/N=C\N(/C=C/CC)c1ccc(C#N)cc1. The summed E-state index contributed by atoms with van der Waals surface area (Å²) >= 11 is 0. The maximum Gasteiger partial charge on any atom is 0.0991 e. The highest BCUT2D eigenvalue weighted by Gasteiger charge is 2.01. The molecule has 0 radical (unpaired) electrons. The number of anilines is 1. The first-order valence-corrected chi connectivity index (χ1v) is 7.48. The fourth-order valence-electron chi connectivity index (χ4n) is 1.58. The van der Waals surface area contributed by atoms with E-state index in [0.717, 1.165) is 12.1 Å². The molecule has 0 bridgehead atoms. The zero-order chi connectivity index (χ0) is 17.1. The fraction of sp³-hybridized carbons (Fsp3) is 0.278. The van der Waals surface area contributed by atoms with Crippen molar-refractivity contribution in [2.24, 2.45) is 10.1 Å². The normalized spacial score (nSPS) is 12.6. The van der Waals surface area contributed by atoms with Crippen molar-refractivity contribution in [3.63, 3.8) is 0 Å². The van der Waals surface area contributed by atoms with Crippen LogP contribution >= 0.6 is 0 Å². The minimum atomic E-state index is -0.0618. The minimum absolute atomic E-state index is 0.0618. The summed E-state index contributed by atoms with van der Waals surface area (Å²) in [6, 6.07) is 9.44. The number of aliphatic imine (C=N–C) groups is 1. The average molecular weight is 309 g/mol. The summed E-state index contributed by atoms with van der Waals surface area (Å²) in [5, 5.41) is 14.7. The molecule has 0 heterocycles. The van der Waals surface area contributed by atoms with E-state index in [0.29, 0.717) is 5.56 Å². The van der Waals surface area contributed by atoms with Gasteiger partial charge < -0.3 is 4.90 Å². The van der Waals surface area contributed by atoms with Crippen molar-refractivity contribution < 1.29 is 0 Å². The van der Waals surface area contributed by atoms with Gasteiger partial charge in [0.2, 0.25) is 0 Å².